The number of carbonyl (C=O) groups is 1. The van der Waals surface area contributed by atoms with Gasteiger partial charge in [0.15, 0.2) is 0 Å². The van der Waals surface area contributed by atoms with E-state index in [1.54, 1.807) is 0 Å². The van der Waals surface area contributed by atoms with Crippen molar-refractivity contribution in [2.45, 2.75) is 51.4 Å². The number of amides is 1. The van der Waals surface area contributed by atoms with Gasteiger partial charge in [0.1, 0.15) is 0 Å². The number of piperidine rings is 1. The first kappa shape index (κ1) is 16.6. The summed E-state index contributed by atoms with van der Waals surface area (Å²) in [6.45, 7) is 3.85. The Balaban J connectivity index is 1.79. The molecule has 0 radical (unpaired) electrons. The Morgan fingerprint density at radius 2 is 1.84 bits per heavy atom. The molecule has 2 aromatic rings. The number of hydrogen-bond acceptors (Lipinski definition) is 2. The fourth-order valence-electron chi connectivity index (χ4n) is 3.72. The van der Waals surface area contributed by atoms with Crippen LogP contribution in [-0.4, -0.2) is 33.7 Å². The summed E-state index contributed by atoms with van der Waals surface area (Å²) in [7, 11) is 0. The Morgan fingerprint density at radius 1 is 1.16 bits per heavy atom. The minimum absolute atomic E-state index is 0.179. The largest absolute Gasteiger partial charge is 0.339 e. The van der Waals surface area contributed by atoms with Gasteiger partial charge in [-0.1, -0.05) is 18.5 Å². The number of rotatable bonds is 4. The van der Waals surface area contributed by atoms with Crippen molar-refractivity contribution in [2.24, 2.45) is 0 Å². The summed E-state index contributed by atoms with van der Waals surface area (Å²) in [4.78, 5) is 15.3. The molecule has 0 spiro atoms. The van der Waals surface area contributed by atoms with E-state index in [1.165, 1.54) is 6.42 Å². The topological polar surface area (TPSA) is 38.1 Å². The van der Waals surface area contributed by atoms with Crippen LogP contribution >= 0.6 is 11.6 Å². The lowest BCUT2D eigenvalue weighted by atomic mass is 10.0. The fraction of sp³-hybridized carbons (Fsp3) is 0.500. The van der Waals surface area contributed by atoms with Crippen molar-refractivity contribution in [3.05, 3.63) is 46.2 Å². The van der Waals surface area contributed by atoms with Gasteiger partial charge in [0.2, 0.25) is 0 Å². The zero-order valence-corrected chi connectivity index (χ0v) is 15.4. The van der Waals surface area contributed by atoms with Crippen LogP contribution in [0.1, 0.15) is 66.7 Å². The molecule has 0 bridgehead atoms. The molecular weight excluding hydrogens is 334 g/mol. The quantitative estimate of drug-likeness (QED) is 0.802. The van der Waals surface area contributed by atoms with E-state index in [9.17, 15) is 4.79 Å². The van der Waals surface area contributed by atoms with Crippen LogP contribution in [0, 0.1) is 0 Å². The molecule has 1 saturated heterocycles. The van der Waals surface area contributed by atoms with Gasteiger partial charge in [-0.2, -0.15) is 5.10 Å². The summed E-state index contributed by atoms with van der Waals surface area (Å²) in [6.07, 6.45) is 6.51. The smallest absolute Gasteiger partial charge is 0.257 e. The lowest BCUT2D eigenvalue weighted by Crippen LogP contribution is -2.36. The molecule has 132 valence electrons. The van der Waals surface area contributed by atoms with E-state index < -0.39 is 0 Å². The van der Waals surface area contributed by atoms with Gasteiger partial charge in [0.05, 0.1) is 22.6 Å². The van der Waals surface area contributed by atoms with Crippen LogP contribution in [0.3, 0.4) is 0 Å². The van der Waals surface area contributed by atoms with Crippen molar-refractivity contribution in [1.82, 2.24) is 14.7 Å². The zero-order valence-electron chi connectivity index (χ0n) is 14.7. The molecule has 4 nitrogen and oxygen atoms in total. The number of halogens is 1. The highest BCUT2D eigenvalue weighted by Gasteiger charge is 2.36. The van der Waals surface area contributed by atoms with Crippen molar-refractivity contribution in [3.8, 4) is 5.69 Å². The first-order chi connectivity index (χ1) is 12.2. The van der Waals surface area contributed by atoms with Crippen LogP contribution in [0.15, 0.2) is 24.3 Å². The average Bonchev–Trinajstić information content (AvgIpc) is 3.42. The van der Waals surface area contributed by atoms with Crippen LogP contribution in [0.25, 0.3) is 5.69 Å². The van der Waals surface area contributed by atoms with Crippen LogP contribution in [0.2, 0.25) is 5.02 Å². The van der Waals surface area contributed by atoms with E-state index >= 15 is 0 Å². The minimum Gasteiger partial charge on any atom is -0.339 e. The molecule has 2 fully saturated rings. The maximum atomic E-state index is 13.3. The third kappa shape index (κ3) is 3.20. The molecule has 0 unspecified atom stereocenters. The van der Waals surface area contributed by atoms with E-state index in [0.717, 1.165) is 67.8 Å². The Morgan fingerprint density at radius 3 is 2.44 bits per heavy atom. The van der Waals surface area contributed by atoms with Crippen LogP contribution in [-0.2, 0) is 6.42 Å². The van der Waals surface area contributed by atoms with Crippen LogP contribution in [0.5, 0.6) is 0 Å². The second kappa shape index (κ2) is 6.83. The number of nitrogens with zero attached hydrogens (tertiary/aromatic N) is 3. The Hall–Kier alpha value is -1.81. The highest BCUT2D eigenvalue weighted by Crippen LogP contribution is 2.42. The molecule has 1 saturated carbocycles. The second-order valence-corrected chi connectivity index (χ2v) is 7.51. The molecule has 1 amide bonds. The number of likely N-dealkylation sites (tertiary alicyclic amines) is 1. The highest BCUT2D eigenvalue weighted by atomic mass is 35.5. The second-order valence-electron chi connectivity index (χ2n) is 7.08. The van der Waals surface area contributed by atoms with Crippen molar-refractivity contribution >= 4 is 17.5 Å². The van der Waals surface area contributed by atoms with E-state index in [1.807, 2.05) is 33.8 Å². The number of carbonyl (C=O) groups excluding carboxylic acids is 1. The van der Waals surface area contributed by atoms with Crippen molar-refractivity contribution < 1.29 is 4.79 Å². The van der Waals surface area contributed by atoms with Gasteiger partial charge in [-0.3, -0.25) is 4.79 Å². The highest BCUT2D eigenvalue weighted by molar-refractivity contribution is 6.30. The first-order valence-corrected chi connectivity index (χ1v) is 9.74. The molecule has 2 heterocycles. The molecule has 0 N–H and O–H groups in total. The van der Waals surface area contributed by atoms with Gasteiger partial charge in [0.25, 0.3) is 5.91 Å². The summed E-state index contributed by atoms with van der Waals surface area (Å²) in [5.74, 6) is 0.626. The SMILES string of the molecule is CCc1c(C(=O)N2CCCCC2)c(C2CC2)nn1-c1ccc(Cl)cc1. The zero-order chi connectivity index (χ0) is 17.4. The van der Waals surface area contributed by atoms with E-state index in [4.69, 9.17) is 16.7 Å². The number of benzene rings is 1. The van der Waals surface area contributed by atoms with E-state index in [-0.39, 0.29) is 5.91 Å². The van der Waals surface area contributed by atoms with Crippen LogP contribution in [0.4, 0.5) is 0 Å². The lowest BCUT2D eigenvalue weighted by Gasteiger charge is -2.27. The summed E-state index contributed by atoms with van der Waals surface area (Å²) >= 11 is 6.03. The monoisotopic (exact) mass is 357 g/mol. The van der Waals surface area contributed by atoms with E-state index in [0.29, 0.717) is 10.9 Å². The summed E-state index contributed by atoms with van der Waals surface area (Å²) in [5, 5.41) is 5.59. The molecule has 1 aliphatic carbocycles. The molecule has 2 aliphatic rings. The molecule has 25 heavy (non-hydrogen) atoms. The minimum atomic E-state index is 0.179. The van der Waals surface area contributed by atoms with Crippen molar-refractivity contribution in [3.63, 3.8) is 0 Å². The Kier molecular flexibility index (Phi) is 4.55. The predicted octanol–water partition coefficient (Wildman–Crippen LogP) is 4.59. The number of hydrogen-bond donors (Lipinski definition) is 0. The molecular formula is C20H24ClN3O. The molecule has 1 aromatic heterocycles. The lowest BCUT2D eigenvalue weighted by molar-refractivity contribution is 0.0722. The number of aromatic nitrogens is 2. The fourth-order valence-corrected chi connectivity index (χ4v) is 3.85. The first-order valence-electron chi connectivity index (χ1n) is 9.36. The van der Waals surface area contributed by atoms with Gasteiger partial charge < -0.3 is 4.90 Å². The molecule has 4 rings (SSSR count). The van der Waals surface area contributed by atoms with Gasteiger partial charge in [-0.15, -0.1) is 0 Å². The Bertz CT molecular complexity index is 771. The third-order valence-corrected chi connectivity index (χ3v) is 5.49. The molecule has 0 atom stereocenters. The van der Waals surface area contributed by atoms with E-state index in [2.05, 4.69) is 6.92 Å². The molecule has 1 aromatic carbocycles. The van der Waals surface area contributed by atoms with Crippen LogP contribution < -0.4 is 0 Å². The van der Waals surface area contributed by atoms with Crippen molar-refractivity contribution in [2.75, 3.05) is 13.1 Å². The van der Waals surface area contributed by atoms with Gasteiger partial charge in [-0.05, 0) is 62.8 Å². The third-order valence-electron chi connectivity index (χ3n) is 5.24. The predicted molar refractivity (Wildman–Crippen MR) is 99.7 cm³/mol. The maximum Gasteiger partial charge on any atom is 0.257 e. The molecule has 1 aliphatic heterocycles. The molecule has 5 heteroatoms. The van der Waals surface area contributed by atoms with Gasteiger partial charge in [0, 0.05) is 24.0 Å². The van der Waals surface area contributed by atoms with Gasteiger partial charge in [-0.25, -0.2) is 4.68 Å². The Labute approximate surface area is 153 Å². The average molecular weight is 358 g/mol. The normalized spacial score (nSPS) is 17.8. The van der Waals surface area contributed by atoms with Crippen molar-refractivity contribution in [1.29, 1.82) is 0 Å². The van der Waals surface area contributed by atoms with Gasteiger partial charge >= 0.3 is 0 Å². The summed E-state index contributed by atoms with van der Waals surface area (Å²) in [6, 6.07) is 7.70. The summed E-state index contributed by atoms with van der Waals surface area (Å²) in [5.41, 5.74) is 3.87. The maximum absolute atomic E-state index is 13.3. The standard InChI is InChI=1S/C20H24ClN3O/c1-2-17-18(20(25)23-12-4-3-5-13-23)19(14-6-7-14)22-24(17)16-10-8-15(21)9-11-16/h8-11,14H,2-7,12-13H2,1H3. The summed E-state index contributed by atoms with van der Waals surface area (Å²) < 4.78 is 1.96.